The molecule has 0 saturated carbocycles. The number of fused-ring (bicyclic) bond motifs is 1. The van der Waals surface area contributed by atoms with Gasteiger partial charge >= 0.3 is 0 Å². The van der Waals surface area contributed by atoms with Crippen molar-refractivity contribution in [2.24, 2.45) is 0 Å². The summed E-state index contributed by atoms with van der Waals surface area (Å²) in [6.07, 6.45) is 13.1. The van der Waals surface area contributed by atoms with Crippen LogP contribution in [0.25, 0.3) is 22.3 Å². The summed E-state index contributed by atoms with van der Waals surface area (Å²) in [6, 6.07) is 1.96. The van der Waals surface area contributed by atoms with Gasteiger partial charge in [0.1, 0.15) is 12.0 Å². The largest absolute Gasteiger partial charge is 0.346 e. The van der Waals surface area contributed by atoms with Gasteiger partial charge in [-0.1, -0.05) is 0 Å². The van der Waals surface area contributed by atoms with Crippen LogP contribution < -0.4 is 0 Å². The number of aryl methyl sites for hydroxylation is 1. The Morgan fingerprint density at radius 2 is 2.33 bits per heavy atom. The van der Waals surface area contributed by atoms with Crippen LogP contribution in [0.15, 0.2) is 31.0 Å². The molecule has 3 heterocycles. The number of rotatable bonds is 3. The highest BCUT2D eigenvalue weighted by atomic mass is 15.3. The molecule has 0 aliphatic rings. The van der Waals surface area contributed by atoms with Crippen molar-refractivity contribution < 1.29 is 0 Å². The summed E-state index contributed by atoms with van der Waals surface area (Å²) >= 11 is 0. The standard InChI is InChI=1S/C13H11N5/c1-2-3-6-18-8-10(7-17-18)12-11-4-5-14-13(11)16-9-15-12/h1,4-5,7-9H,3,6H2,(H,14,15,16). The van der Waals surface area contributed by atoms with Gasteiger partial charge in [-0.3, -0.25) is 4.68 Å². The van der Waals surface area contributed by atoms with Crippen molar-refractivity contribution in [3.8, 4) is 23.6 Å². The highest BCUT2D eigenvalue weighted by molar-refractivity contribution is 5.89. The van der Waals surface area contributed by atoms with Crippen LogP contribution in [0.2, 0.25) is 0 Å². The molecular weight excluding hydrogens is 226 g/mol. The molecule has 3 aromatic heterocycles. The zero-order chi connectivity index (χ0) is 12.4. The number of nitrogens with zero attached hydrogens (tertiary/aromatic N) is 4. The molecule has 5 heteroatoms. The topological polar surface area (TPSA) is 59.4 Å². The molecule has 0 radical (unpaired) electrons. The molecule has 18 heavy (non-hydrogen) atoms. The Morgan fingerprint density at radius 1 is 1.39 bits per heavy atom. The summed E-state index contributed by atoms with van der Waals surface area (Å²) < 4.78 is 1.83. The molecule has 0 spiro atoms. The molecule has 0 bridgehead atoms. The molecule has 0 aliphatic heterocycles. The van der Waals surface area contributed by atoms with E-state index in [4.69, 9.17) is 6.42 Å². The highest BCUT2D eigenvalue weighted by Gasteiger charge is 2.08. The summed E-state index contributed by atoms with van der Waals surface area (Å²) in [5.74, 6) is 2.60. The van der Waals surface area contributed by atoms with Crippen molar-refractivity contribution in [2.75, 3.05) is 0 Å². The number of aromatic nitrogens is 5. The first-order valence-corrected chi connectivity index (χ1v) is 5.63. The first-order valence-electron chi connectivity index (χ1n) is 5.63. The van der Waals surface area contributed by atoms with E-state index in [9.17, 15) is 0 Å². The lowest BCUT2D eigenvalue weighted by Crippen LogP contribution is -1.96. The molecule has 88 valence electrons. The average molecular weight is 237 g/mol. The molecule has 3 rings (SSSR count). The summed E-state index contributed by atoms with van der Waals surface area (Å²) in [5, 5.41) is 5.27. The fourth-order valence-corrected chi connectivity index (χ4v) is 1.89. The van der Waals surface area contributed by atoms with Crippen LogP contribution in [0.4, 0.5) is 0 Å². The second-order valence-corrected chi connectivity index (χ2v) is 3.91. The van der Waals surface area contributed by atoms with Crippen LogP contribution in [-0.4, -0.2) is 24.7 Å². The number of nitrogens with one attached hydrogen (secondary N) is 1. The monoisotopic (exact) mass is 237 g/mol. The fraction of sp³-hybridized carbons (Fsp3) is 0.154. The van der Waals surface area contributed by atoms with Gasteiger partial charge in [-0.05, 0) is 6.07 Å². The van der Waals surface area contributed by atoms with Crippen molar-refractivity contribution in [3.63, 3.8) is 0 Å². The Hall–Kier alpha value is -2.61. The van der Waals surface area contributed by atoms with E-state index >= 15 is 0 Å². The van der Waals surface area contributed by atoms with Gasteiger partial charge < -0.3 is 4.98 Å². The second kappa shape index (κ2) is 4.34. The molecule has 1 N–H and O–H groups in total. The van der Waals surface area contributed by atoms with Gasteiger partial charge in [-0.25, -0.2) is 9.97 Å². The number of hydrogen-bond acceptors (Lipinski definition) is 3. The highest BCUT2D eigenvalue weighted by Crippen LogP contribution is 2.23. The molecule has 0 unspecified atom stereocenters. The third-order valence-electron chi connectivity index (χ3n) is 2.75. The number of aromatic amines is 1. The Labute approximate surface area is 104 Å². The van der Waals surface area contributed by atoms with Crippen LogP contribution in [-0.2, 0) is 6.54 Å². The normalized spacial score (nSPS) is 10.6. The van der Waals surface area contributed by atoms with E-state index < -0.39 is 0 Å². The van der Waals surface area contributed by atoms with E-state index in [2.05, 4.69) is 26.0 Å². The van der Waals surface area contributed by atoms with Crippen LogP contribution in [0.5, 0.6) is 0 Å². The minimum absolute atomic E-state index is 0.671. The smallest absolute Gasteiger partial charge is 0.141 e. The van der Waals surface area contributed by atoms with E-state index in [-0.39, 0.29) is 0 Å². The maximum atomic E-state index is 5.24. The summed E-state index contributed by atoms with van der Waals surface area (Å²) in [4.78, 5) is 11.5. The van der Waals surface area contributed by atoms with Crippen LogP contribution >= 0.6 is 0 Å². The molecule has 0 saturated heterocycles. The molecule has 5 nitrogen and oxygen atoms in total. The van der Waals surface area contributed by atoms with Crippen molar-refractivity contribution in [1.29, 1.82) is 0 Å². The van der Waals surface area contributed by atoms with Crippen molar-refractivity contribution >= 4 is 11.0 Å². The van der Waals surface area contributed by atoms with Gasteiger partial charge in [0.15, 0.2) is 0 Å². The van der Waals surface area contributed by atoms with E-state index in [0.717, 1.165) is 28.8 Å². The molecule has 0 aliphatic carbocycles. The van der Waals surface area contributed by atoms with E-state index in [1.165, 1.54) is 0 Å². The van der Waals surface area contributed by atoms with E-state index in [1.807, 2.05) is 23.1 Å². The van der Waals surface area contributed by atoms with E-state index in [0.29, 0.717) is 6.42 Å². The molecule has 0 aromatic carbocycles. The number of terminal acetylenes is 1. The van der Waals surface area contributed by atoms with E-state index in [1.54, 1.807) is 12.5 Å². The third-order valence-corrected chi connectivity index (χ3v) is 2.75. The zero-order valence-electron chi connectivity index (χ0n) is 9.67. The minimum Gasteiger partial charge on any atom is -0.346 e. The van der Waals surface area contributed by atoms with Crippen LogP contribution in [0.3, 0.4) is 0 Å². The maximum Gasteiger partial charge on any atom is 0.141 e. The van der Waals surface area contributed by atoms with Crippen molar-refractivity contribution in [2.45, 2.75) is 13.0 Å². The predicted molar refractivity (Wildman–Crippen MR) is 68.6 cm³/mol. The fourth-order valence-electron chi connectivity index (χ4n) is 1.89. The summed E-state index contributed by atoms with van der Waals surface area (Å²) in [6.45, 7) is 0.720. The van der Waals surface area contributed by atoms with Gasteiger partial charge in [0.25, 0.3) is 0 Å². The van der Waals surface area contributed by atoms with Gasteiger partial charge in [0, 0.05) is 29.8 Å². The number of H-pyrrole nitrogens is 1. The Kier molecular flexibility index (Phi) is 2.54. The second-order valence-electron chi connectivity index (χ2n) is 3.91. The lowest BCUT2D eigenvalue weighted by Gasteiger charge is -1.98. The minimum atomic E-state index is 0.671. The molecule has 0 amide bonds. The summed E-state index contributed by atoms with van der Waals surface area (Å²) in [7, 11) is 0. The van der Waals surface area contributed by atoms with Gasteiger partial charge in [0.05, 0.1) is 18.4 Å². The first-order chi connectivity index (χ1) is 8.88. The Bertz CT molecular complexity index is 716. The molecule has 0 fully saturated rings. The maximum absolute atomic E-state index is 5.24. The van der Waals surface area contributed by atoms with Gasteiger partial charge in [0.2, 0.25) is 0 Å². The molecule has 0 atom stereocenters. The lowest BCUT2D eigenvalue weighted by atomic mass is 10.2. The first kappa shape index (κ1) is 10.5. The SMILES string of the molecule is C#CCCn1cc(-c2ncnc3[nH]ccc23)cn1. The summed E-state index contributed by atoms with van der Waals surface area (Å²) in [5.41, 5.74) is 2.68. The van der Waals surface area contributed by atoms with Gasteiger partial charge in [-0.15, -0.1) is 12.3 Å². The van der Waals surface area contributed by atoms with Crippen LogP contribution in [0.1, 0.15) is 6.42 Å². The quantitative estimate of drug-likeness (QED) is 0.707. The van der Waals surface area contributed by atoms with Crippen LogP contribution in [0, 0.1) is 12.3 Å². The zero-order valence-corrected chi connectivity index (χ0v) is 9.67. The Balaban J connectivity index is 2.02. The average Bonchev–Trinajstić information content (AvgIpc) is 3.04. The third kappa shape index (κ3) is 1.74. The molecular formula is C13H11N5. The van der Waals surface area contributed by atoms with Gasteiger partial charge in [-0.2, -0.15) is 5.10 Å². The number of hydrogen-bond donors (Lipinski definition) is 1. The van der Waals surface area contributed by atoms with Crippen molar-refractivity contribution in [3.05, 3.63) is 31.0 Å². The van der Waals surface area contributed by atoms with Crippen molar-refractivity contribution in [1.82, 2.24) is 24.7 Å². The Morgan fingerprint density at radius 3 is 3.22 bits per heavy atom. The lowest BCUT2D eigenvalue weighted by molar-refractivity contribution is 0.630. The predicted octanol–water partition coefficient (Wildman–Crippen LogP) is 1.84. The molecule has 3 aromatic rings.